The number of thiazole rings is 2. The van der Waals surface area contributed by atoms with Crippen LogP contribution in [0.15, 0.2) is 93.9 Å². The molecule has 4 amide bonds. The number of rotatable bonds is 30. The molecule has 0 bridgehead atoms. The van der Waals surface area contributed by atoms with E-state index in [9.17, 15) is 45.1 Å². The summed E-state index contributed by atoms with van der Waals surface area (Å²) in [5, 5.41) is 26.0. The summed E-state index contributed by atoms with van der Waals surface area (Å²) in [6.07, 6.45) is 6.22. The molecule has 2 aliphatic heterocycles. The normalized spacial score (nSPS) is 15.4. The van der Waals surface area contributed by atoms with Gasteiger partial charge in [0.25, 0.3) is 23.6 Å². The number of hydroxylamine groups is 4. The highest BCUT2D eigenvalue weighted by molar-refractivity contribution is 7.81. The molecule has 10 N–H and O–H groups in total. The summed E-state index contributed by atoms with van der Waals surface area (Å²) in [7, 11) is -6.58. The number of carbonyl (C=O) groups excluding carboxylic acids is 8. The Bertz CT molecular complexity index is 4020. The number of benzene rings is 2. The summed E-state index contributed by atoms with van der Waals surface area (Å²) in [4.78, 5) is 102. The van der Waals surface area contributed by atoms with E-state index < -0.39 is 67.6 Å². The van der Waals surface area contributed by atoms with Gasteiger partial charge in [-0.25, -0.2) is 26.8 Å². The van der Waals surface area contributed by atoms with Gasteiger partial charge in [-0.15, -0.1) is 22.7 Å². The van der Waals surface area contributed by atoms with E-state index in [0.717, 1.165) is 95.1 Å². The molecule has 516 valence electrons. The van der Waals surface area contributed by atoms with Crippen LogP contribution in [0, 0.1) is 0 Å². The lowest BCUT2D eigenvalue weighted by Crippen LogP contribution is -2.76. The van der Waals surface area contributed by atoms with Gasteiger partial charge in [0, 0.05) is 45.5 Å². The third kappa shape index (κ3) is 22.2. The van der Waals surface area contributed by atoms with Gasteiger partial charge >= 0.3 is 12.3 Å². The maximum Gasteiger partial charge on any atom is 0.373 e. The van der Waals surface area contributed by atoms with Crippen LogP contribution < -0.4 is 52.4 Å². The average Bonchev–Trinajstić information content (AvgIpc) is 0.808. The second-order valence-electron chi connectivity index (χ2n) is 21.1. The van der Waals surface area contributed by atoms with Gasteiger partial charge in [0.15, 0.2) is 49.0 Å². The van der Waals surface area contributed by atoms with Crippen LogP contribution in [-0.4, -0.2) is 166 Å². The van der Waals surface area contributed by atoms with E-state index in [1.807, 2.05) is 78.1 Å². The number of nitrogens with one attached hydrogen (secondary N) is 2. The maximum absolute atomic E-state index is 13.1. The van der Waals surface area contributed by atoms with E-state index in [0.29, 0.717) is 34.7 Å². The monoisotopic (exact) mass is 1410 g/mol. The van der Waals surface area contributed by atoms with Gasteiger partial charge < -0.3 is 61.8 Å². The molecule has 2 saturated heterocycles. The van der Waals surface area contributed by atoms with Crippen molar-refractivity contribution >= 4 is 101 Å². The number of carbonyl (C=O) groups is 4. The van der Waals surface area contributed by atoms with Gasteiger partial charge in [0.05, 0.1) is 11.1 Å². The Balaban J connectivity index is 0.000000321. The summed E-state index contributed by atoms with van der Waals surface area (Å²) < 4.78 is 89.3. The molecular weight excluding hydrogens is 1340 g/mol. The Morgan fingerprint density at radius 2 is 1.04 bits per heavy atom. The van der Waals surface area contributed by atoms with Crippen molar-refractivity contribution < 1.29 is 101 Å². The summed E-state index contributed by atoms with van der Waals surface area (Å²) in [5.74, 6) is -2.41. The number of ether oxygens (including phenoxy) is 2. The van der Waals surface area contributed by atoms with Crippen molar-refractivity contribution in [2.45, 2.75) is 89.4 Å². The molecule has 6 aromatic rings. The molecule has 36 nitrogen and oxygen atoms in total. The van der Waals surface area contributed by atoms with E-state index in [1.165, 1.54) is 38.5 Å². The van der Waals surface area contributed by atoms with Crippen molar-refractivity contribution in [3.63, 3.8) is 0 Å². The van der Waals surface area contributed by atoms with Gasteiger partial charge in [-0.1, -0.05) is 19.7 Å². The van der Waals surface area contributed by atoms with Crippen LogP contribution in [0.5, 0.6) is 11.5 Å². The van der Waals surface area contributed by atoms with Crippen molar-refractivity contribution in [2.24, 2.45) is 35.9 Å². The summed E-state index contributed by atoms with van der Waals surface area (Å²) >= 11 is 2.12. The fourth-order valence-electron chi connectivity index (χ4n) is 8.91. The minimum atomic E-state index is -5.20. The molecule has 2 aliphatic rings. The lowest BCUT2D eigenvalue weighted by Gasteiger charge is -2.51. The number of nitrogen functional groups attached to an aromatic ring is 2. The lowest BCUT2D eigenvalue weighted by molar-refractivity contribution is -0.736. The summed E-state index contributed by atoms with van der Waals surface area (Å²) in [5.41, 5.74) is 25.3. The number of aromatic nitrogens is 6. The highest BCUT2D eigenvalue weighted by Crippen LogP contribution is 2.34. The Morgan fingerprint density at radius 3 is 1.42 bits per heavy atom. The first-order valence-electron chi connectivity index (χ1n) is 28.4. The first-order chi connectivity index (χ1) is 45.4. The summed E-state index contributed by atoms with van der Waals surface area (Å²) in [6.45, 7) is 7.05. The molecule has 0 radical (unpaired) electrons. The van der Waals surface area contributed by atoms with Crippen LogP contribution >= 0.6 is 22.7 Å². The van der Waals surface area contributed by atoms with Crippen LogP contribution in [0.25, 0.3) is 22.5 Å². The number of unbranched alkanes of at least 4 members (excludes halogenated alkanes) is 2. The molecule has 4 aromatic heterocycles. The molecule has 6 heterocycles. The van der Waals surface area contributed by atoms with Gasteiger partial charge in [-0.05, 0) is 139 Å². The minimum absolute atomic E-state index is 0.0422. The summed E-state index contributed by atoms with van der Waals surface area (Å²) in [6, 6.07) is 20.5. The molecule has 8 rings (SSSR count). The van der Waals surface area contributed by atoms with Crippen LogP contribution in [0.3, 0.4) is 0 Å². The topological polar surface area (TPSA) is 525 Å². The van der Waals surface area contributed by atoms with Crippen LogP contribution in [0.2, 0.25) is 0 Å². The molecule has 2 atom stereocenters. The number of amides is 4. The predicted octanol–water partition coefficient (Wildman–Crippen LogP) is -0.786. The number of nitrogens with two attached hydrogens (primary N) is 4. The van der Waals surface area contributed by atoms with Crippen molar-refractivity contribution in [2.75, 3.05) is 51.0 Å². The highest BCUT2D eigenvalue weighted by atomic mass is 32.3. The van der Waals surface area contributed by atoms with Crippen molar-refractivity contribution in [3.8, 4) is 34.0 Å². The fraction of sp³-hybridized carbons (Fsp3) is 0.393. The number of β-lactam (4-membered cyclic amide) rings is 2. The van der Waals surface area contributed by atoms with E-state index in [-0.39, 0.29) is 71.8 Å². The zero-order chi connectivity index (χ0) is 71.0. The number of nitrogens with zero attached hydrogens (tertiary/aromatic N) is 10. The van der Waals surface area contributed by atoms with Crippen LogP contribution in [-0.2, 0) is 104 Å². The van der Waals surface area contributed by atoms with Crippen LogP contribution in [0.1, 0.15) is 76.2 Å². The van der Waals surface area contributed by atoms with E-state index in [1.54, 1.807) is 12.1 Å². The molecule has 96 heavy (non-hydrogen) atoms. The van der Waals surface area contributed by atoms with Crippen molar-refractivity contribution in [1.29, 1.82) is 0 Å². The molecule has 2 aromatic carbocycles. The Hall–Kier alpha value is -9.70. The zero-order valence-electron chi connectivity index (χ0n) is 52.3. The first-order valence-corrected chi connectivity index (χ1v) is 32.9. The standard InChI is InChI=1S/2C27H34N8O8S2.2CO2/c1-27(2)23(25(37)35(27)43-45(38,39)40)31-24(36)22(20-16-44-26(29)30-20)33-42-15-14-41-19-10-7-17(8-11-19)21-12-9-18(32-34(21)3)6-4-5-13-28;1-27(2)23(25(37)35(27)43-45(38,39)40)31-24(36)22(21-16-44-26(29)30-21)33-42-15-14-41-19-10-7-17(8-11-19)20-12-9-18(34(3)32-20)6-4-5-13-28;2*2-1-3/h2*7-12,16,23H,4-6,13-15,28H2,1-3H3,(H3-,29,30,31,36,38,39,40);;/b2*33-22-;;/t2*23-;;/m11../s1. The molecule has 0 saturated carbocycles. The second kappa shape index (κ2) is 35.7. The minimum Gasteiger partial charge on any atom is -0.724 e. The van der Waals surface area contributed by atoms with Crippen LogP contribution in [0.4, 0.5) is 10.3 Å². The Kier molecular flexibility index (Phi) is 28.6. The Morgan fingerprint density at radius 1 is 0.615 bits per heavy atom. The van der Waals surface area contributed by atoms with Crippen molar-refractivity contribution in [1.82, 2.24) is 40.9 Å². The SMILES string of the molecule is C[n+]1nc(-c2ccc(OCCO/N=C(\C(=O)N[C@@H]3C(=O)N(OS(=O)(=O)[O-])C3(C)C)c3csc(N)n3)cc2)ccc1CCCCN.C[n+]1nc(CCCCN)ccc1-c1ccc(OCCO/N=C(\C(=O)N[C@@H]2C(=O)N(OS(=O)(=O)[O-])C2(C)C)c2csc(N)n2)cc1.O=C=O.O=C=O. The van der Waals surface area contributed by atoms with Crippen molar-refractivity contribution in [3.05, 3.63) is 106 Å². The molecular formula is C56H68N16O20S4. The molecule has 2 fully saturated rings. The number of hydrogen-bond acceptors (Lipinski definition) is 32. The number of hydrogen-bond donors (Lipinski definition) is 6. The third-order valence-corrected chi connectivity index (χ3v) is 15.6. The van der Waals surface area contributed by atoms with E-state index in [4.69, 9.17) is 61.3 Å². The van der Waals surface area contributed by atoms with E-state index in [2.05, 4.69) is 55.7 Å². The Labute approximate surface area is 557 Å². The lowest BCUT2D eigenvalue weighted by atomic mass is 9.84. The molecule has 40 heteroatoms. The molecule has 0 aliphatic carbocycles. The number of oxime groups is 2. The molecule has 0 spiro atoms. The van der Waals surface area contributed by atoms with Gasteiger partial charge in [-0.2, -0.15) is 37.9 Å². The fourth-order valence-corrected chi connectivity index (χ4v) is 10.9. The van der Waals surface area contributed by atoms with Gasteiger partial charge in [-0.3, -0.25) is 19.2 Å². The smallest absolute Gasteiger partial charge is 0.373 e. The largest absolute Gasteiger partial charge is 0.724 e. The number of anilines is 2. The van der Waals surface area contributed by atoms with E-state index >= 15 is 0 Å². The third-order valence-electron chi connectivity index (χ3n) is 13.6. The zero-order valence-corrected chi connectivity index (χ0v) is 55.6. The predicted molar refractivity (Wildman–Crippen MR) is 332 cm³/mol. The van der Waals surface area contributed by atoms with Gasteiger partial charge in [0.1, 0.15) is 59.6 Å². The maximum atomic E-state index is 13.1. The van der Waals surface area contributed by atoms with Gasteiger partial charge in [0.2, 0.25) is 32.2 Å². The first kappa shape index (κ1) is 77.0. The highest BCUT2D eigenvalue weighted by Gasteiger charge is 2.58. The second-order valence-corrected chi connectivity index (χ2v) is 24.8. The molecule has 0 unspecified atom stereocenters. The quantitative estimate of drug-likeness (QED) is 0.00612. The average molecular weight is 1410 g/mol. The number of aryl methyl sites for hydroxylation is 4.